The fraction of sp³-hybridized carbons (Fsp3) is 0.562. The van der Waals surface area contributed by atoms with Crippen LogP contribution >= 0.6 is 0 Å². The van der Waals surface area contributed by atoms with Crippen LogP contribution in [-0.2, 0) is 9.53 Å². The zero-order valence-electron chi connectivity index (χ0n) is 11.4. The Labute approximate surface area is 114 Å². The first kappa shape index (κ1) is 14.1. The number of carbonyl (C=O) groups excluding carboxylic acids is 1. The fourth-order valence-corrected chi connectivity index (χ4v) is 2.58. The Hall–Kier alpha value is -1.35. The van der Waals surface area contributed by atoms with Crippen molar-refractivity contribution in [2.45, 2.75) is 57.2 Å². The highest BCUT2D eigenvalue weighted by molar-refractivity contribution is 5.70. The Kier molecular flexibility index (Phi) is 4.97. The molecule has 2 rings (SSSR count). The first-order chi connectivity index (χ1) is 9.16. The highest BCUT2D eigenvalue weighted by Gasteiger charge is 2.26. The van der Waals surface area contributed by atoms with Crippen LogP contribution in [0.25, 0.3) is 0 Å². The van der Waals surface area contributed by atoms with E-state index in [1.54, 1.807) is 0 Å². The molecule has 1 aromatic rings. The van der Waals surface area contributed by atoms with Crippen LogP contribution in [0, 0.1) is 0 Å². The second kappa shape index (κ2) is 6.71. The lowest BCUT2D eigenvalue weighted by Gasteiger charge is -2.27. The third-order valence-electron chi connectivity index (χ3n) is 3.79. The van der Waals surface area contributed by atoms with Crippen molar-refractivity contribution in [1.82, 2.24) is 0 Å². The van der Waals surface area contributed by atoms with Gasteiger partial charge in [0.1, 0.15) is 6.10 Å². The Morgan fingerprint density at radius 3 is 2.68 bits per heavy atom. The molecule has 3 heteroatoms. The van der Waals surface area contributed by atoms with Crippen LogP contribution in [0.1, 0.15) is 50.5 Å². The summed E-state index contributed by atoms with van der Waals surface area (Å²) < 4.78 is 5.41. The molecule has 104 valence electrons. The van der Waals surface area contributed by atoms with Gasteiger partial charge in [0.2, 0.25) is 0 Å². The zero-order chi connectivity index (χ0) is 13.7. The molecule has 0 unspecified atom stereocenters. The molecule has 1 N–H and O–H groups in total. The van der Waals surface area contributed by atoms with E-state index in [-0.39, 0.29) is 18.0 Å². The Morgan fingerprint density at radius 1 is 1.32 bits per heavy atom. The quantitative estimate of drug-likeness (QED) is 0.848. The standard InChI is InChI=1S/C16H22O3/c1-12(13-7-3-2-4-8-13)11-16(18)19-15-10-6-5-9-14(15)17/h2-4,7-8,12,14-15,17H,5-6,9-11H2,1H3/t12-,14-,15-/m1/s1. The summed E-state index contributed by atoms with van der Waals surface area (Å²) in [5.41, 5.74) is 1.14. The Balaban J connectivity index is 1.84. The lowest BCUT2D eigenvalue weighted by Crippen LogP contribution is -2.34. The third kappa shape index (κ3) is 4.06. The monoisotopic (exact) mass is 262 g/mol. The molecule has 0 spiro atoms. The topological polar surface area (TPSA) is 46.5 Å². The van der Waals surface area contributed by atoms with Gasteiger partial charge in [-0.3, -0.25) is 4.79 Å². The minimum Gasteiger partial charge on any atom is -0.460 e. The van der Waals surface area contributed by atoms with Gasteiger partial charge in [-0.05, 0) is 30.7 Å². The third-order valence-corrected chi connectivity index (χ3v) is 3.79. The van der Waals surface area contributed by atoms with Crippen molar-refractivity contribution in [1.29, 1.82) is 0 Å². The Morgan fingerprint density at radius 2 is 2.00 bits per heavy atom. The predicted molar refractivity (Wildman–Crippen MR) is 73.8 cm³/mol. The minimum absolute atomic E-state index is 0.148. The minimum atomic E-state index is -0.482. The highest BCUT2D eigenvalue weighted by Crippen LogP contribution is 2.24. The van der Waals surface area contributed by atoms with E-state index in [0.29, 0.717) is 6.42 Å². The van der Waals surface area contributed by atoms with Crippen molar-refractivity contribution in [3.63, 3.8) is 0 Å². The molecular weight excluding hydrogens is 240 g/mol. The lowest BCUT2D eigenvalue weighted by atomic mass is 9.94. The molecule has 1 saturated carbocycles. The van der Waals surface area contributed by atoms with Gasteiger partial charge < -0.3 is 9.84 Å². The predicted octanol–water partition coefficient (Wildman–Crippen LogP) is 3.03. The molecular formula is C16H22O3. The van der Waals surface area contributed by atoms with Gasteiger partial charge in [-0.15, -0.1) is 0 Å². The van der Waals surface area contributed by atoms with E-state index in [2.05, 4.69) is 0 Å². The van der Waals surface area contributed by atoms with Crippen LogP contribution in [-0.4, -0.2) is 23.3 Å². The van der Waals surface area contributed by atoms with E-state index in [1.165, 1.54) is 0 Å². The molecule has 1 fully saturated rings. The first-order valence-corrected chi connectivity index (χ1v) is 7.09. The van der Waals surface area contributed by atoms with E-state index in [0.717, 1.165) is 31.2 Å². The van der Waals surface area contributed by atoms with Crippen LogP contribution in [0.4, 0.5) is 0 Å². The van der Waals surface area contributed by atoms with E-state index < -0.39 is 6.10 Å². The van der Waals surface area contributed by atoms with Crippen LogP contribution < -0.4 is 0 Å². The van der Waals surface area contributed by atoms with Crippen molar-refractivity contribution in [3.05, 3.63) is 35.9 Å². The average Bonchev–Trinajstić information content (AvgIpc) is 2.42. The molecule has 0 radical (unpaired) electrons. The highest BCUT2D eigenvalue weighted by atomic mass is 16.6. The van der Waals surface area contributed by atoms with Crippen molar-refractivity contribution in [2.24, 2.45) is 0 Å². The lowest BCUT2D eigenvalue weighted by molar-refractivity contribution is -0.157. The second-order valence-electron chi connectivity index (χ2n) is 5.40. The molecule has 0 bridgehead atoms. The van der Waals surface area contributed by atoms with Gasteiger partial charge in [0.05, 0.1) is 12.5 Å². The van der Waals surface area contributed by atoms with Gasteiger partial charge in [0.15, 0.2) is 0 Å². The number of ether oxygens (including phenoxy) is 1. The number of benzene rings is 1. The van der Waals surface area contributed by atoms with Crippen molar-refractivity contribution in [2.75, 3.05) is 0 Å². The number of aliphatic hydroxyl groups excluding tert-OH is 1. The average molecular weight is 262 g/mol. The fourth-order valence-electron chi connectivity index (χ4n) is 2.58. The number of rotatable bonds is 4. The largest absolute Gasteiger partial charge is 0.460 e. The summed E-state index contributed by atoms with van der Waals surface area (Å²) in [7, 11) is 0. The summed E-state index contributed by atoms with van der Waals surface area (Å²) in [5.74, 6) is -0.0586. The molecule has 19 heavy (non-hydrogen) atoms. The van der Waals surface area contributed by atoms with E-state index in [9.17, 15) is 9.90 Å². The van der Waals surface area contributed by atoms with Gasteiger partial charge in [-0.1, -0.05) is 43.7 Å². The van der Waals surface area contributed by atoms with E-state index in [4.69, 9.17) is 4.74 Å². The SMILES string of the molecule is C[C@H](CC(=O)O[C@@H]1CCCC[C@H]1O)c1ccccc1. The summed E-state index contributed by atoms with van der Waals surface area (Å²) in [6.07, 6.45) is 3.17. The molecule has 3 nitrogen and oxygen atoms in total. The normalized spacial score (nSPS) is 24.7. The molecule has 0 aromatic heterocycles. The maximum atomic E-state index is 11.9. The summed E-state index contributed by atoms with van der Waals surface area (Å²) >= 11 is 0. The molecule has 0 heterocycles. The van der Waals surface area contributed by atoms with E-state index in [1.807, 2.05) is 37.3 Å². The van der Waals surface area contributed by atoms with Gasteiger partial charge in [0, 0.05) is 0 Å². The molecule has 1 aliphatic rings. The number of esters is 1. The summed E-state index contributed by atoms with van der Waals surface area (Å²) in [6.45, 7) is 2.02. The second-order valence-corrected chi connectivity index (χ2v) is 5.40. The van der Waals surface area contributed by atoms with E-state index >= 15 is 0 Å². The number of hydrogen-bond donors (Lipinski definition) is 1. The van der Waals surface area contributed by atoms with Crippen molar-refractivity contribution >= 4 is 5.97 Å². The van der Waals surface area contributed by atoms with Gasteiger partial charge in [-0.25, -0.2) is 0 Å². The maximum absolute atomic E-state index is 11.9. The summed E-state index contributed by atoms with van der Waals surface area (Å²) in [5, 5.41) is 9.79. The van der Waals surface area contributed by atoms with Crippen LogP contribution in [0.2, 0.25) is 0 Å². The molecule has 0 aliphatic heterocycles. The number of aliphatic hydroxyl groups is 1. The molecule has 0 amide bonds. The van der Waals surface area contributed by atoms with Gasteiger partial charge in [0.25, 0.3) is 0 Å². The maximum Gasteiger partial charge on any atom is 0.306 e. The number of carbonyl (C=O) groups is 1. The molecule has 1 aliphatic carbocycles. The summed E-state index contributed by atoms with van der Waals surface area (Å²) in [6, 6.07) is 9.96. The molecule has 1 aromatic carbocycles. The first-order valence-electron chi connectivity index (χ1n) is 7.09. The van der Waals surface area contributed by atoms with Crippen molar-refractivity contribution in [3.8, 4) is 0 Å². The van der Waals surface area contributed by atoms with Crippen molar-refractivity contribution < 1.29 is 14.6 Å². The van der Waals surface area contributed by atoms with Crippen LogP contribution in [0.5, 0.6) is 0 Å². The molecule has 0 saturated heterocycles. The zero-order valence-corrected chi connectivity index (χ0v) is 11.4. The Bertz CT molecular complexity index is 402. The number of hydrogen-bond acceptors (Lipinski definition) is 3. The smallest absolute Gasteiger partial charge is 0.306 e. The van der Waals surface area contributed by atoms with Crippen LogP contribution in [0.15, 0.2) is 30.3 Å². The molecule has 3 atom stereocenters. The van der Waals surface area contributed by atoms with Crippen LogP contribution in [0.3, 0.4) is 0 Å². The van der Waals surface area contributed by atoms with Gasteiger partial charge >= 0.3 is 5.97 Å². The summed E-state index contributed by atoms with van der Waals surface area (Å²) in [4.78, 5) is 11.9. The van der Waals surface area contributed by atoms with Gasteiger partial charge in [-0.2, -0.15) is 0 Å².